The molecule has 2 N–H and O–H groups in total. The molecule has 2 aliphatic rings. The lowest BCUT2D eigenvalue weighted by atomic mass is 10.2. The first kappa shape index (κ1) is 22.3. The number of nitrogens with zero attached hydrogens (tertiary/aromatic N) is 5. The third kappa shape index (κ3) is 5.45. The standard InChI is InChI=1S/C23H32FN7O/c1-16-13-31(14-17(2)32-16)21-7-6-18(11-27-21)12-28-23(25-3)29-19-8-10-30(15-19)22-20(24)5-4-9-26-22/h4-7,9,11,16-17,19H,8,10,12-15H2,1-3H3,(H2,25,28,29). The molecule has 3 unspecified atom stereocenters. The van der Waals surface area contributed by atoms with E-state index in [9.17, 15) is 4.39 Å². The van der Waals surface area contributed by atoms with E-state index in [1.54, 1.807) is 19.3 Å². The van der Waals surface area contributed by atoms with Crippen molar-refractivity contribution in [2.45, 2.75) is 45.1 Å². The molecule has 0 spiro atoms. The van der Waals surface area contributed by atoms with Crippen molar-refractivity contribution in [3.63, 3.8) is 0 Å². The van der Waals surface area contributed by atoms with Crippen LogP contribution in [-0.4, -0.2) is 67.4 Å². The monoisotopic (exact) mass is 441 g/mol. The molecule has 2 aromatic rings. The molecule has 3 atom stereocenters. The van der Waals surface area contributed by atoms with Crippen LogP contribution in [-0.2, 0) is 11.3 Å². The largest absolute Gasteiger partial charge is 0.372 e. The maximum atomic E-state index is 14.0. The van der Waals surface area contributed by atoms with E-state index in [0.717, 1.165) is 43.4 Å². The number of halogens is 1. The maximum Gasteiger partial charge on any atom is 0.191 e. The van der Waals surface area contributed by atoms with E-state index in [1.165, 1.54) is 6.07 Å². The van der Waals surface area contributed by atoms with Gasteiger partial charge in [-0.15, -0.1) is 0 Å². The summed E-state index contributed by atoms with van der Waals surface area (Å²) in [5, 5.41) is 6.78. The van der Waals surface area contributed by atoms with Gasteiger partial charge >= 0.3 is 0 Å². The number of morpholine rings is 1. The molecule has 32 heavy (non-hydrogen) atoms. The van der Waals surface area contributed by atoms with Gasteiger partial charge in [-0.05, 0) is 44.0 Å². The van der Waals surface area contributed by atoms with Gasteiger partial charge in [-0.3, -0.25) is 4.99 Å². The summed E-state index contributed by atoms with van der Waals surface area (Å²) < 4.78 is 19.8. The molecule has 0 saturated carbocycles. The van der Waals surface area contributed by atoms with Crippen LogP contribution in [0.15, 0.2) is 41.7 Å². The lowest BCUT2D eigenvalue weighted by Crippen LogP contribution is -2.45. The van der Waals surface area contributed by atoms with Gasteiger partial charge in [0.05, 0.1) is 12.2 Å². The zero-order valence-electron chi connectivity index (χ0n) is 19.0. The Balaban J connectivity index is 1.27. The van der Waals surface area contributed by atoms with Crippen molar-refractivity contribution >= 4 is 17.6 Å². The molecule has 2 aliphatic heterocycles. The SMILES string of the molecule is CN=C(NCc1ccc(N2CC(C)OC(C)C2)nc1)NC1CCN(c2ncccc2F)C1. The summed E-state index contributed by atoms with van der Waals surface area (Å²) in [5.74, 6) is 1.83. The van der Waals surface area contributed by atoms with Crippen molar-refractivity contribution in [3.8, 4) is 0 Å². The van der Waals surface area contributed by atoms with Crippen molar-refractivity contribution in [1.82, 2.24) is 20.6 Å². The number of aromatic nitrogens is 2. The minimum atomic E-state index is -0.285. The number of ether oxygens (including phenoxy) is 1. The normalized spacial score (nSPS) is 24.0. The van der Waals surface area contributed by atoms with Crippen LogP contribution in [0.5, 0.6) is 0 Å². The number of hydrogen-bond acceptors (Lipinski definition) is 6. The predicted octanol–water partition coefficient (Wildman–Crippen LogP) is 2.17. The first-order valence-electron chi connectivity index (χ1n) is 11.2. The molecule has 4 heterocycles. The maximum absolute atomic E-state index is 14.0. The average molecular weight is 442 g/mol. The van der Waals surface area contributed by atoms with Crippen molar-refractivity contribution in [2.24, 2.45) is 4.99 Å². The van der Waals surface area contributed by atoms with E-state index in [0.29, 0.717) is 18.9 Å². The molecular weight excluding hydrogens is 409 g/mol. The number of rotatable bonds is 5. The molecule has 0 aliphatic carbocycles. The van der Waals surface area contributed by atoms with E-state index in [4.69, 9.17) is 4.74 Å². The minimum Gasteiger partial charge on any atom is -0.372 e. The van der Waals surface area contributed by atoms with Crippen LogP contribution in [0.1, 0.15) is 25.8 Å². The fourth-order valence-electron chi connectivity index (χ4n) is 4.33. The van der Waals surface area contributed by atoms with E-state index in [1.807, 2.05) is 11.1 Å². The molecule has 4 rings (SSSR count). The molecule has 9 heteroatoms. The third-order valence-corrected chi connectivity index (χ3v) is 5.80. The smallest absolute Gasteiger partial charge is 0.191 e. The molecule has 8 nitrogen and oxygen atoms in total. The summed E-state index contributed by atoms with van der Waals surface area (Å²) in [6.07, 6.45) is 4.83. The van der Waals surface area contributed by atoms with Crippen LogP contribution in [0, 0.1) is 5.82 Å². The number of anilines is 2. The van der Waals surface area contributed by atoms with Crippen molar-refractivity contribution in [2.75, 3.05) is 43.0 Å². The summed E-state index contributed by atoms with van der Waals surface area (Å²) in [6.45, 7) is 7.95. The Bertz CT molecular complexity index is 913. The Labute approximate surface area is 188 Å². The molecular formula is C23H32FN7O. The van der Waals surface area contributed by atoms with Gasteiger partial charge in [-0.25, -0.2) is 14.4 Å². The first-order chi connectivity index (χ1) is 15.5. The first-order valence-corrected chi connectivity index (χ1v) is 11.2. The summed E-state index contributed by atoms with van der Waals surface area (Å²) >= 11 is 0. The Morgan fingerprint density at radius 3 is 2.66 bits per heavy atom. The lowest BCUT2D eigenvalue weighted by Gasteiger charge is -2.36. The summed E-state index contributed by atoms with van der Waals surface area (Å²) in [5.41, 5.74) is 1.08. The van der Waals surface area contributed by atoms with E-state index in [-0.39, 0.29) is 24.1 Å². The molecule has 0 radical (unpaired) electrons. The molecule has 0 amide bonds. The van der Waals surface area contributed by atoms with Crippen molar-refractivity contribution in [3.05, 3.63) is 48.0 Å². The van der Waals surface area contributed by atoms with Crippen LogP contribution in [0.4, 0.5) is 16.0 Å². The van der Waals surface area contributed by atoms with Gasteiger partial charge in [0.1, 0.15) is 5.82 Å². The van der Waals surface area contributed by atoms with Crippen molar-refractivity contribution in [1.29, 1.82) is 0 Å². The molecule has 0 aromatic carbocycles. The topological polar surface area (TPSA) is 77.9 Å². The highest BCUT2D eigenvalue weighted by molar-refractivity contribution is 5.80. The molecule has 2 fully saturated rings. The van der Waals surface area contributed by atoms with Crippen LogP contribution in [0.3, 0.4) is 0 Å². The predicted molar refractivity (Wildman–Crippen MR) is 125 cm³/mol. The number of guanidine groups is 1. The van der Waals surface area contributed by atoms with Crippen molar-refractivity contribution < 1.29 is 9.13 Å². The van der Waals surface area contributed by atoms with Crippen LogP contribution in [0.25, 0.3) is 0 Å². The van der Waals surface area contributed by atoms with Gasteiger partial charge in [-0.1, -0.05) is 6.07 Å². The number of hydrogen-bond donors (Lipinski definition) is 2. The quantitative estimate of drug-likeness (QED) is 0.544. The van der Waals surface area contributed by atoms with Gasteiger partial charge in [0.2, 0.25) is 0 Å². The summed E-state index contributed by atoms with van der Waals surface area (Å²) in [7, 11) is 1.75. The number of aliphatic imine (C=N–C) groups is 1. The Kier molecular flexibility index (Phi) is 7.04. The number of pyridine rings is 2. The number of nitrogens with one attached hydrogen (secondary N) is 2. The second kappa shape index (κ2) is 10.1. The highest BCUT2D eigenvalue weighted by Crippen LogP contribution is 2.21. The fourth-order valence-corrected chi connectivity index (χ4v) is 4.33. The summed E-state index contributed by atoms with van der Waals surface area (Å²) in [6, 6.07) is 7.39. The second-order valence-electron chi connectivity index (χ2n) is 8.50. The van der Waals surface area contributed by atoms with Crippen LogP contribution in [0.2, 0.25) is 0 Å². The van der Waals surface area contributed by atoms with Gasteiger partial charge in [0.25, 0.3) is 0 Å². The lowest BCUT2D eigenvalue weighted by molar-refractivity contribution is -0.00545. The second-order valence-corrected chi connectivity index (χ2v) is 8.50. The Morgan fingerprint density at radius 2 is 1.97 bits per heavy atom. The highest BCUT2D eigenvalue weighted by Gasteiger charge is 2.26. The molecule has 172 valence electrons. The molecule has 0 bridgehead atoms. The zero-order valence-corrected chi connectivity index (χ0v) is 19.0. The van der Waals surface area contributed by atoms with Gasteiger partial charge < -0.3 is 25.2 Å². The third-order valence-electron chi connectivity index (χ3n) is 5.80. The highest BCUT2D eigenvalue weighted by atomic mass is 19.1. The van der Waals surface area contributed by atoms with Crippen LogP contribution < -0.4 is 20.4 Å². The average Bonchev–Trinajstić information content (AvgIpc) is 3.25. The van der Waals surface area contributed by atoms with Crippen LogP contribution >= 0.6 is 0 Å². The summed E-state index contributed by atoms with van der Waals surface area (Å²) in [4.78, 5) is 17.4. The van der Waals surface area contributed by atoms with Gasteiger partial charge in [0, 0.05) is 58.2 Å². The molecule has 2 aromatic heterocycles. The fraction of sp³-hybridized carbons (Fsp3) is 0.522. The van der Waals surface area contributed by atoms with Gasteiger partial charge in [0.15, 0.2) is 17.6 Å². The molecule has 2 saturated heterocycles. The Hall–Kier alpha value is -2.94. The van der Waals surface area contributed by atoms with E-state index < -0.39 is 0 Å². The van der Waals surface area contributed by atoms with Gasteiger partial charge in [-0.2, -0.15) is 0 Å². The van der Waals surface area contributed by atoms with E-state index in [2.05, 4.69) is 56.5 Å². The Morgan fingerprint density at radius 1 is 1.16 bits per heavy atom. The minimum absolute atomic E-state index is 0.174. The van der Waals surface area contributed by atoms with E-state index >= 15 is 0 Å². The zero-order chi connectivity index (χ0) is 22.5.